The molecule has 0 aromatic heterocycles. The third-order valence-electron chi connectivity index (χ3n) is 3.63. The number of unbranched alkanes of at least 4 members (excludes halogenated alkanes) is 1. The number of nitrogens with zero attached hydrogens (tertiary/aromatic N) is 1. The van der Waals surface area contributed by atoms with E-state index in [1.165, 1.54) is 12.8 Å². The molecule has 1 aliphatic carbocycles. The van der Waals surface area contributed by atoms with Gasteiger partial charge in [-0.1, -0.05) is 25.5 Å². The average Bonchev–Trinajstić information content (AvgIpc) is 3.18. The van der Waals surface area contributed by atoms with Crippen LogP contribution in [0.2, 0.25) is 0 Å². The summed E-state index contributed by atoms with van der Waals surface area (Å²) < 4.78 is 0. The third-order valence-corrected chi connectivity index (χ3v) is 3.63. The fourth-order valence-electron chi connectivity index (χ4n) is 2.42. The van der Waals surface area contributed by atoms with Crippen LogP contribution in [0.5, 0.6) is 0 Å². The molecule has 0 spiro atoms. The molecule has 104 valence electrons. The van der Waals surface area contributed by atoms with Crippen LogP contribution in [0.4, 0.5) is 5.69 Å². The molecule has 0 amide bonds. The SMILES string of the molecule is CCCCN(Cc1cccc(N)c1C(=O)O)C1CC1. The van der Waals surface area contributed by atoms with Crippen LogP contribution in [0.15, 0.2) is 18.2 Å². The van der Waals surface area contributed by atoms with Crippen molar-refractivity contribution in [3.05, 3.63) is 29.3 Å². The molecule has 0 unspecified atom stereocenters. The standard InChI is InChI=1S/C15H22N2O2/c1-2-3-9-17(12-7-8-12)10-11-5-4-6-13(16)14(11)15(18)19/h4-6,12H,2-3,7-10,16H2,1H3,(H,18,19). The van der Waals surface area contributed by atoms with E-state index >= 15 is 0 Å². The van der Waals surface area contributed by atoms with Gasteiger partial charge >= 0.3 is 5.97 Å². The molecular weight excluding hydrogens is 240 g/mol. The van der Waals surface area contributed by atoms with Crippen LogP contribution in [0.3, 0.4) is 0 Å². The zero-order chi connectivity index (χ0) is 13.8. The van der Waals surface area contributed by atoms with Gasteiger partial charge in [0, 0.05) is 18.3 Å². The monoisotopic (exact) mass is 262 g/mol. The topological polar surface area (TPSA) is 66.6 Å². The highest BCUT2D eigenvalue weighted by molar-refractivity contribution is 5.95. The molecular formula is C15H22N2O2. The van der Waals surface area contributed by atoms with Gasteiger partial charge in [-0.2, -0.15) is 0 Å². The number of nitrogens with two attached hydrogens (primary N) is 1. The summed E-state index contributed by atoms with van der Waals surface area (Å²) in [5, 5.41) is 9.29. The van der Waals surface area contributed by atoms with E-state index in [0.717, 1.165) is 24.9 Å². The van der Waals surface area contributed by atoms with Crippen molar-refractivity contribution in [1.29, 1.82) is 0 Å². The fourth-order valence-corrected chi connectivity index (χ4v) is 2.42. The summed E-state index contributed by atoms with van der Waals surface area (Å²) in [6, 6.07) is 6.00. The highest BCUT2D eigenvalue weighted by Gasteiger charge is 2.29. The van der Waals surface area contributed by atoms with E-state index in [2.05, 4.69) is 11.8 Å². The molecule has 3 N–H and O–H groups in total. The van der Waals surface area contributed by atoms with Gasteiger partial charge in [-0.15, -0.1) is 0 Å². The van der Waals surface area contributed by atoms with E-state index < -0.39 is 5.97 Å². The molecule has 19 heavy (non-hydrogen) atoms. The lowest BCUT2D eigenvalue weighted by Gasteiger charge is -2.23. The first-order valence-corrected chi connectivity index (χ1v) is 6.98. The summed E-state index contributed by atoms with van der Waals surface area (Å²) in [5.41, 5.74) is 7.25. The highest BCUT2D eigenvalue weighted by atomic mass is 16.4. The highest BCUT2D eigenvalue weighted by Crippen LogP contribution is 2.30. The molecule has 0 saturated heterocycles. The molecule has 0 bridgehead atoms. The predicted octanol–water partition coefficient (Wildman–Crippen LogP) is 2.73. The van der Waals surface area contributed by atoms with E-state index in [0.29, 0.717) is 18.3 Å². The molecule has 0 radical (unpaired) electrons. The Morgan fingerprint density at radius 1 is 1.47 bits per heavy atom. The number of carbonyl (C=O) groups is 1. The molecule has 2 rings (SSSR count). The largest absolute Gasteiger partial charge is 0.478 e. The lowest BCUT2D eigenvalue weighted by atomic mass is 10.0. The van der Waals surface area contributed by atoms with Crippen LogP contribution < -0.4 is 5.73 Å². The Labute approximate surface area is 114 Å². The van der Waals surface area contributed by atoms with Crippen molar-refractivity contribution in [1.82, 2.24) is 4.90 Å². The number of rotatable bonds is 7. The third kappa shape index (κ3) is 3.47. The predicted molar refractivity (Wildman–Crippen MR) is 76.2 cm³/mol. The van der Waals surface area contributed by atoms with Crippen LogP contribution >= 0.6 is 0 Å². The van der Waals surface area contributed by atoms with Gasteiger partial charge in [-0.25, -0.2) is 4.79 Å². The summed E-state index contributed by atoms with van der Waals surface area (Å²) in [5.74, 6) is -0.931. The van der Waals surface area contributed by atoms with Gasteiger partial charge in [0.15, 0.2) is 0 Å². The molecule has 1 aliphatic rings. The lowest BCUT2D eigenvalue weighted by Crippen LogP contribution is -2.27. The maximum atomic E-state index is 11.3. The van der Waals surface area contributed by atoms with Crippen LogP contribution in [0.1, 0.15) is 48.5 Å². The van der Waals surface area contributed by atoms with Gasteiger partial charge in [-0.05, 0) is 37.4 Å². The molecule has 4 nitrogen and oxygen atoms in total. The zero-order valence-corrected chi connectivity index (χ0v) is 11.4. The quantitative estimate of drug-likeness (QED) is 0.741. The Kier molecular flexibility index (Phi) is 4.43. The number of anilines is 1. The van der Waals surface area contributed by atoms with Crippen molar-refractivity contribution in [2.45, 2.75) is 45.2 Å². The van der Waals surface area contributed by atoms with Gasteiger partial charge in [0.05, 0.1) is 5.56 Å². The maximum Gasteiger partial charge on any atom is 0.338 e. The van der Waals surface area contributed by atoms with Crippen LogP contribution in [0.25, 0.3) is 0 Å². The zero-order valence-electron chi connectivity index (χ0n) is 11.4. The summed E-state index contributed by atoms with van der Waals surface area (Å²) in [6.45, 7) is 3.90. The van der Waals surface area contributed by atoms with E-state index in [-0.39, 0.29) is 5.56 Å². The van der Waals surface area contributed by atoms with E-state index in [4.69, 9.17) is 5.73 Å². The maximum absolute atomic E-state index is 11.3. The van der Waals surface area contributed by atoms with Crippen LogP contribution in [-0.2, 0) is 6.54 Å². The minimum absolute atomic E-state index is 0.268. The Morgan fingerprint density at radius 3 is 2.79 bits per heavy atom. The molecule has 0 aliphatic heterocycles. The normalized spacial score (nSPS) is 14.8. The van der Waals surface area contributed by atoms with Crippen LogP contribution in [-0.4, -0.2) is 28.6 Å². The second kappa shape index (κ2) is 6.06. The Morgan fingerprint density at radius 2 is 2.21 bits per heavy atom. The molecule has 4 heteroatoms. The fraction of sp³-hybridized carbons (Fsp3) is 0.533. The Hall–Kier alpha value is -1.55. The number of aromatic carboxylic acids is 1. The number of carboxylic acid groups (broad SMARTS) is 1. The van der Waals surface area contributed by atoms with Crippen molar-refractivity contribution in [2.24, 2.45) is 0 Å². The van der Waals surface area contributed by atoms with E-state index in [9.17, 15) is 9.90 Å². The van der Waals surface area contributed by atoms with Crippen molar-refractivity contribution >= 4 is 11.7 Å². The summed E-state index contributed by atoms with van der Waals surface area (Å²) in [4.78, 5) is 13.7. The minimum atomic E-state index is -0.931. The van der Waals surface area contributed by atoms with Crippen molar-refractivity contribution in [3.63, 3.8) is 0 Å². The summed E-state index contributed by atoms with van der Waals surface area (Å²) in [6.07, 6.45) is 4.77. The Balaban J connectivity index is 2.16. The Bertz CT molecular complexity index is 455. The molecule has 0 heterocycles. The molecule has 1 fully saturated rings. The van der Waals surface area contributed by atoms with Gasteiger partial charge in [0.2, 0.25) is 0 Å². The number of carboxylic acids is 1. The van der Waals surface area contributed by atoms with Gasteiger partial charge in [-0.3, -0.25) is 4.90 Å². The second-order valence-corrected chi connectivity index (χ2v) is 5.24. The molecule has 1 saturated carbocycles. The minimum Gasteiger partial charge on any atom is -0.478 e. The van der Waals surface area contributed by atoms with Crippen molar-refractivity contribution in [3.8, 4) is 0 Å². The summed E-state index contributed by atoms with van der Waals surface area (Å²) in [7, 11) is 0. The molecule has 0 atom stereocenters. The van der Waals surface area contributed by atoms with Crippen molar-refractivity contribution in [2.75, 3.05) is 12.3 Å². The smallest absolute Gasteiger partial charge is 0.338 e. The second-order valence-electron chi connectivity index (χ2n) is 5.24. The first-order chi connectivity index (χ1) is 9.13. The molecule has 1 aromatic carbocycles. The number of nitrogen functional groups attached to an aromatic ring is 1. The van der Waals surface area contributed by atoms with E-state index in [1.807, 2.05) is 12.1 Å². The first kappa shape index (κ1) is 13.9. The average molecular weight is 262 g/mol. The van der Waals surface area contributed by atoms with Gasteiger partial charge in [0.1, 0.15) is 0 Å². The van der Waals surface area contributed by atoms with Crippen molar-refractivity contribution < 1.29 is 9.90 Å². The summed E-state index contributed by atoms with van der Waals surface area (Å²) >= 11 is 0. The number of hydrogen-bond acceptors (Lipinski definition) is 3. The number of benzene rings is 1. The van der Waals surface area contributed by atoms with E-state index in [1.54, 1.807) is 6.07 Å². The van der Waals surface area contributed by atoms with Gasteiger partial charge in [0.25, 0.3) is 0 Å². The van der Waals surface area contributed by atoms with Gasteiger partial charge < -0.3 is 10.8 Å². The first-order valence-electron chi connectivity index (χ1n) is 6.98. The lowest BCUT2D eigenvalue weighted by molar-refractivity contribution is 0.0695. The number of hydrogen-bond donors (Lipinski definition) is 2. The van der Waals surface area contributed by atoms with Crippen LogP contribution in [0, 0.1) is 0 Å². The molecule has 1 aromatic rings.